The molecule has 0 saturated carbocycles. The summed E-state index contributed by atoms with van der Waals surface area (Å²) in [5.74, 6) is 0.127. The van der Waals surface area contributed by atoms with Crippen LogP contribution in [0.5, 0.6) is 0 Å². The Bertz CT molecular complexity index is 535. The predicted molar refractivity (Wildman–Crippen MR) is 80.7 cm³/mol. The van der Waals surface area contributed by atoms with Gasteiger partial charge in [0.25, 0.3) is 5.91 Å². The van der Waals surface area contributed by atoms with Crippen LogP contribution in [0.25, 0.3) is 0 Å². The van der Waals surface area contributed by atoms with Gasteiger partial charge in [0, 0.05) is 25.7 Å². The van der Waals surface area contributed by atoms with E-state index in [0.717, 1.165) is 36.2 Å². The molecule has 0 radical (unpaired) electrons. The maximum Gasteiger partial charge on any atom is 0.410 e. The monoisotopic (exact) mass is 308 g/mol. The van der Waals surface area contributed by atoms with Crippen LogP contribution < -0.4 is 0 Å². The van der Waals surface area contributed by atoms with E-state index in [-0.39, 0.29) is 18.0 Å². The van der Waals surface area contributed by atoms with Crippen LogP contribution in [0.3, 0.4) is 0 Å². The van der Waals surface area contributed by atoms with Crippen LogP contribution in [0.2, 0.25) is 0 Å². The number of carbonyl (C=O) groups is 2. The zero-order valence-electron chi connectivity index (χ0n) is 12.2. The van der Waals surface area contributed by atoms with Crippen LogP contribution in [0.15, 0.2) is 11.4 Å². The van der Waals surface area contributed by atoms with Crippen molar-refractivity contribution >= 4 is 23.3 Å². The lowest BCUT2D eigenvalue weighted by atomic mass is 10.0. The van der Waals surface area contributed by atoms with Crippen molar-refractivity contribution in [3.05, 3.63) is 21.9 Å². The van der Waals surface area contributed by atoms with Crippen molar-refractivity contribution in [1.29, 1.82) is 0 Å². The van der Waals surface area contributed by atoms with Crippen LogP contribution in [0.1, 0.15) is 34.5 Å². The molecule has 0 spiro atoms. The highest BCUT2D eigenvalue weighted by Crippen LogP contribution is 2.23. The minimum absolute atomic E-state index is 0.127. The number of hydrogen-bond acceptors (Lipinski definition) is 4. The molecule has 6 heteroatoms. The van der Waals surface area contributed by atoms with Gasteiger partial charge < -0.3 is 14.5 Å². The van der Waals surface area contributed by atoms with Gasteiger partial charge in [-0.3, -0.25) is 4.79 Å². The quantitative estimate of drug-likeness (QED) is 0.843. The molecule has 0 aliphatic carbocycles. The molecule has 2 amide bonds. The summed E-state index contributed by atoms with van der Waals surface area (Å²) in [6.07, 6.45) is 2.38. The maximum atomic E-state index is 12.5. The SMILES string of the molecule is Cc1ccsc1C(=O)N1CCC(N2CCCOC2=O)CC1. The molecule has 0 unspecified atom stereocenters. The molecule has 21 heavy (non-hydrogen) atoms. The van der Waals surface area contributed by atoms with Gasteiger partial charge in [-0.1, -0.05) is 0 Å². The van der Waals surface area contributed by atoms with Crippen LogP contribution in [0, 0.1) is 6.92 Å². The Hall–Kier alpha value is -1.56. The number of piperidine rings is 1. The van der Waals surface area contributed by atoms with Crippen molar-refractivity contribution < 1.29 is 14.3 Å². The van der Waals surface area contributed by atoms with Crippen LogP contribution in [0.4, 0.5) is 4.79 Å². The van der Waals surface area contributed by atoms with Gasteiger partial charge in [0.15, 0.2) is 0 Å². The summed E-state index contributed by atoms with van der Waals surface area (Å²) >= 11 is 1.50. The van der Waals surface area contributed by atoms with Crippen molar-refractivity contribution in [3.63, 3.8) is 0 Å². The molecule has 5 nitrogen and oxygen atoms in total. The van der Waals surface area contributed by atoms with Crippen molar-refractivity contribution in [1.82, 2.24) is 9.80 Å². The molecule has 2 aliphatic rings. The summed E-state index contributed by atoms with van der Waals surface area (Å²) in [7, 11) is 0. The minimum Gasteiger partial charge on any atom is -0.449 e. The molecular formula is C15H20N2O3S. The molecule has 0 atom stereocenters. The molecule has 3 heterocycles. The first-order chi connectivity index (χ1) is 10.2. The lowest BCUT2D eigenvalue weighted by Gasteiger charge is -2.39. The van der Waals surface area contributed by atoms with Crippen molar-refractivity contribution in [2.75, 3.05) is 26.2 Å². The van der Waals surface area contributed by atoms with Crippen LogP contribution >= 0.6 is 11.3 Å². The zero-order valence-corrected chi connectivity index (χ0v) is 13.0. The molecule has 0 aromatic carbocycles. The van der Waals surface area contributed by atoms with E-state index in [4.69, 9.17) is 4.74 Å². The predicted octanol–water partition coefficient (Wildman–Crippen LogP) is 2.50. The van der Waals surface area contributed by atoms with E-state index in [1.807, 2.05) is 28.2 Å². The van der Waals surface area contributed by atoms with E-state index in [0.29, 0.717) is 19.7 Å². The molecule has 0 N–H and O–H groups in total. The summed E-state index contributed by atoms with van der Waals surface area (Å²) < 4.78 is 5.10. The van der Waals surface area contributed by atoms with Crippen molar-refractivity contribution in [2.24, 2.45) is 0 Å². The number of likely N-dealkylation sites (tertiary alicyclic amines) is 1. The van der Waals surface area contributed by atoms with Gasteiger partial charge in [-0.15, -0.1) is 11.3 Å². The summed E-state index contributed by atoms with van der Waals surface area (Å²) in [5.41, 5.74) is 1.05. The third-order valence-electron chi connectivity index (χ3n) is 4.25. The Morgan fingerprint density at radius 2 is 2.10 bits per heavy atom. The summed E-state index contributed by atoms with van der Waals surface area (Å²) in [6, 6.07) is 2.19. The number of carbonyl (C=O) groups excluding carboxylic acids is 2. The van der Waals surface area contributed by atoms with E-state index in [1.165, 1.54) is 11.3 Å². The second-order valence-electron chi connectivity index (χ2n) is 5.62. The largest absolute Gasteiger partial charge is 0.449 e. The number of thiophene rings is 1. The van der Waals surface area contributed by atoms with Crippen molar-refractivity contribution in [2.45, 2.75) is 32.2 Å². The minimum atomic E-state index is -0.194. The fourth-order valence-electron chi connectivity index (χ4n) is 3.02. The Kier molecular flexibility index (Phi) is 4.14. The molecule has 114 valence electrons. The average Bonchev–Trinajstić information content (AvgIpc) is 2.93. The highest BCUT2D eigenvalue weighted by Gasteiger charge is 2.32. The number of aryl methyl sites for hydroxylation is 1. The molecule has 2 saturated heterocycles. The molecule has 1 aromatic rings. The lowest BCUT2D eigenvalue weighted by molar-refractivity contribution is 0.0358. The number of rotatable bonds is 2. The first-order valence-electron chi connectivity index (χ1n) is 7.43. The van der Waals surface area contributed by atoms with E-state index in [2.05, 4.69) is 0 Å². The van der Waals surface area contributed by atoms with Gasteiger partial charge in [0.1, 0.15) is 0 Å². The first kappa shape index (κ1) is 14.4. The van der Waals surface area contributed by atoms with E-state index in [9.17, 15) is 9.59 Å². The van der Waals surface area contributed by atoms with Crippen LogP contribution in [-0.4, -0.2) is 54.1 Å². The summed E-state index contributed by atoms with van der Waals surface area (Å²) in [6.45, 7) is 4.71. The van der Waals surface area contributed by atoms with E-state index in [1.54, 1.807) is 0 Å². The fraction of sp³-hybridized carbons (Fsp3) is 0.600. The Morgan fingerprint density at radius 1 is 1.33 bits per heavy atom. The highest BCUT2D eigenvalue weighted by atomic mass is 32.1. The number of nitrogens with zero attached hydrogens (tertiary/aromatic N) is 2. The molecule has 3 rings (SSSR count). The number of ether oxygens (including phenoxy) is 1. The number of cyclic esters (lactones) is 1. The third kappa shape index (κ3) is 2.90. The smallest absolute Gasteiger partial charge is 0.410 e. The Morgan fingerprint density at radius 3 is 2.71 bits per heavy atom. The molecule has 0 bridgehead atoms. The number of hydrogen-bond donors (Lipinski definition) is 0. The average molecular weight is 308 g/mol. The summed E-state index contributed by atoms with van der Waals surface area (Å²) in [5, 5.41) is 1.96. The van der Waals surface area contributed by atoms with Gasteiger partial charge in [0.2, 0.25) is 0 Å². The van der Waals surface area contributed by atoms with Gasteiger partial charge in [0.05, 0.1) is 11.5 Å². The normalized spacial score (nSPS) is 20.5. The van der Waals surface area contributed by atoms with Gasteiger partial charge in [-0.2, -0.15) is 0 Å². The van der Waals surface area contributed by atoms with Crippen molar-refractivity contribution in [3.8, 4) is 0 Å². The van der Waals surface area contributed by atoms with Gasteiger partial charge in [-0.25, -0.2) is 4.79 Å². The Labute approximate surface area is 128 Å². The standard InChI is InChI=1S/C15H20N2O3S/c1-11-5-10-21-13(11)14(18)16-7-3-12(4-8-16)17-6-2-9-20-15(17)19/h5,10,12H,2-4,6-9H2,1H3. The molecule has 1 aromatic heterocycles. The first-order valence-corrected chi connectivity index (χ1v) is 8.31. The van der Waals surface area contributed by atoms with E-state index >= 15 is 0 Å². The third-order valence-corrected chi connectivity index (χ3v) is 5.26. The summed E-state index contributed by atoms with van der Waals surface area (Å²) in [4.78, 5) is 28.8. The fourth-order valence-corrected chi connectivity index (χ4v) is 3.91. The highest BCUT2D eigenvalue weighted by molar-refractivity contribution is 7.12. The van der Waals surface area contributed by atoms with Crippen LogP contribution in [-0.2, 0) is 4.74 Å². The number of amides is 2. The molecule has 2 fully saturated rings. The van der Waals surface area contributed by atoms with Gasteiger partial charge >= 0.3 is 6.09 Å². The second kappa shape index (κ2) is 6.05. The van der Waals surface area contributed by atoms with Gasteiger partial charge in [-0.05, 0) is 43.2 Å². The van der Waals surface area contributed by atoms with E-state index < -0.39 is 0 Å². The lowest BCUT2D eigenvalue weighted by Crippen LogP contribution is -2.50. The maximum absolute atomic E-state index is 12.5. The molecule has 2 aliphatic heterocycles. The molecular weight excluding hydrogens is 288 g/mol. The second-order valence-corrected chi connectivity index (χ2v) is 6.53. The topological polar surface area (TPSA) is 49.9 Å². The Balaban J connectivity index is 1.59. The zero-order chi connectivity index (χ0) is 14.8.